The van der Waals surface area contributed by atoms with Crippen LogP contribution in [0.3, 0.4) is 0 Å². The molecule has 0 bridgehead atoms. The molecule has 1 saturated carbocycles. The van der Waals surface area contributed by atoms with Crippen molar-refractivity contribution < 1.29 is 18.3 Å². The molecule has 1 N–H and O–H groups in total. The third-order valence-corrected chi connectivity index (χ3v) is 3.81. The van der Waals surface area contributed by atoms with Crippen molar-refractivity contribution in [3.05, 3.63) is 11.9 Å². The van der Waals surface area contributed by atoms with Gasteiger partial charge in [0.15, 0.2) is 0 Å². The highest BCUT2D eigenvalue weighted by atomic mass is 19.4. The average Bonchev–Trinajstić information content (AvgIpc) is 2.78. The first-order valence-corrected chi connectivity index (χ1v) is 6.55. The highest BCUT2D eigenvalue weighted by Gasteiger charge is 2.46. The van der Waals surface area contributed by atoms with Gasteiger partial charge in [-0.05, 0) is 32.1 Å². The molecule has 2 rings (SSSR count). The van der Waals surface area contributed by atoms with E-state index in [-0.39, 0.29) is 25.7 Å². The maximum atomic E-state index is 12.6. The quantitative estimate of drug-likeness (QED) is 0.924. The van der Waals surface area contributed by atoms with Crippen molar-refractivity contribution in [2.24, 2.45) is 5.92 Å². The Morgan fingerprint density at radius 3 is 2.58 bits per heavy atom. The van der Waals surface area contributed by atoms with Crippen molar-refractivity contribution in [1.82, 2.24) is 15.0 Å². The van der Waals surface area contributed by atoms with Crippen LogP contribution in [0.5, 0.6) is 0 Å². The van der Waals surface area contributed by atoms with Gasteiger partial charge in [-0.15, -0.1) is 5.10 Å². The van der Waals surface area contributed by atoms with Gasteiger partial charge in [0.2, 0.25) is 0 Å². The summed E-state index contributed by atoms with van der Waals surface area (Å²) in [5.74, 6) is -1.30. The van der Waals surface area contributed by atoms with E-state index in [0.717, 1.165) is 6.42 Å². The van der Waals surface area contributed by atoms with Crippen LogP contribution in [0.2, 0.25) is 0 Å². The van der Waals surface area contributed by atoms with Crippen LogP contribution in [0.4, 0.5) is 13.2 Å². The van der Waals surface area contributed by atoms with Crippen molar-refractivity contribution in [2.75, 3.05) is 0 Å². The third kappa shape index (κ3) is 2.91. The fourth-order valence-corrected chi connectivity index (χ4v) is 2.67. The molecular formula is C12H18F3N3O. The number of aromatic nitrogens is 3. The van der Waals surface area contributed by atoms with E-state index >= 15 is 0 Å². The van der Waals surface area contributed by atoms with E-state index < -0.39 is 17.7 Å². The summed E-state index contributed by atoms with van der Waals surface area (Å²) in [5.41, 5.74) is -0.685. The summed E-state index contributed by atoms with van der Waals surface area (Å²) in [4.78, 5) is 0. The van der Waals surface area contributed by atoms with Gasteiger partial charge in [0.1, 0.15) is 5.60 Å². The number of aryl methyl sites for hydroxylation is 1. The maximum Gasteiger partial charge on any atom is 0.391 e. The minimum Gasteiger partial charge on any atom is -0.384 e. The van der Waals surface area contributed by atoms with Gasteiger partial charge in [-0.3, -0.25) is 0 Å². The Morgan fingerprint density at radius 1 is 1.42 bits per heavy atom. The van der Waals surface area contributed by atoms with E-state index in [4.69, 9.17) is 0 Å². The zero-order valence-corrected chi connectivity index (χ0v) is 10.8. The van der Waals surface area contributed by atoms with E-state index in [9.17, 15) is 18.3 Å². The molecule has 1 aliphatic rings. The molecule has 1 fully saturated rings. The standard InChI is InChI=1S/C12H18F3N3O/c1-2-7-18-10(8-16-17-18)11(19)5-3-9(4-6-11)12(13,14)15/h8-9,19H,2-7H2,1H3. The molecule has 0 aliphatic heterocycles. The molecule has 1 heterocycles. The molecule has 0 unspecified atom stereocenters. The Balaban J connectivity index is 2.11. The fourth-order valence-electron chi connectivity index (χ4n) is 2.67. The van der Waals surface area contributed by atoms with Gasteiger partial charge in [0, 0.05) is 6.54 Å². The van der Waals surface area contributed by atoms with Gasteiger partial charge in [0.25, 0.3) is 0 Å². The number of hydrogen-bond acceptors (Lipinski definition) is 3. The van der Waals surface area contributed by atoms with Crippen molar-refractivity contribution in [3.63, 3.8) is 0 Å². The van der Waals surface area contributed by atoms with Crippen LogP contribution in [-0.4, -0.2) is 26.3 Å². The van der Waals surface area contributed by atoms with Gasteiger partial charge in [0.05, 0.1) is 17.8 Å². The second-order valence-electron chi connectivity index (χ2n) is 5.19. The monoisotopic (exact) mass is 277 g/mol. The molecule has 0 saturated heterocycles. The van der Waals surface area contributed by atoms with Gasteiger partial charge >= 0.3 is 6.18 Å². The average molecular weight is 277 g/mol. The number of hydrogen-bond donors (Lipinski definition) is 1. The minimum atomic E-state index is -4.16. The van der Waals surface area contributed by atoms with E-state index in [1.54, 1.807) is 4.68 Å². The molecule has 0 spiro atoms. The second-order valence-corrected chi connectivity index (χ2v) is 5.19. The van der Waals surface area contributed by atoms with Crippen LogP contribution < -0.4 is 0 Å². The molecule has 1 aromatic heterocycles. The zero-order valence-electron chi connectivity index (χ0n) is 10.8. The first-order valence-electron chi connectivity index (χ1n) is 6.55. The third-order valence-electron chi connectivity index (χ3n) is 3.81. The second kappa shape index (κ2) is 5.11. The Labute approximate surface area is 109 Å². The lowest BCUT2D eigenvalue weighted by atomic mass is 9.77. The summed E-state index contributed by atoms with van der Waals surface area (Å²) in [6, 6.07) is 0. The normalized spacial score (nSPS) is 28.6. The molecule has 4 nitrogen and oxygen atoms in total. The lowest BCUT2D eigenvalue weighted by Gasteiger charge is -2.36. The highest BCUT2D eigenvalue weighted by Crippen LogP contribution is 2.44. The van der Waals surface area contributed by atoms with E-state index in [1.807, 2.05) is 6.92 Å². The largest absolute Gasteiger partial charge is 0.391 e. The van der Waals surface area contributed by atoms with E-state index in [1.165, 1.54) is 6.20 Å². The lowest BCUT2D eigenvalue weighted by molar-refractivity contribution is -0.193. The van der Waals surface area contributed by atoms with Crippen LogP contribution in [0.25, 0.3) is 0 Å². The molecule has 0 aromatic carbocycles. The SMILES string of the molecule is CCCn1nncc1C1(O)CCC(C(F)(F)F)CC1. The number of nitrogens with zero attached hydrogens (tertiary/aromatic N) is 3. The van der Waals surface area contributed by atoms with Crippen LogP contribution in [0.1, 0.15) is 44.7 Å². The summed E-state index contributed by atoms with van der Waals surface area (Å²) in [5, 5.41) is 18.2. The van der Waals surface area contributed by atoms with Crippen LogP contribution in [0.15, 0.2) is 6.20 Å². The predicted octanol–water partition coefficient (Wildman–Crippen LogP) is 2.63. The van der Waals surface area contributed by atoms with Crippen molar-refractivity contribution >= 4 is 0 Å². The summed E-state index contributed by atoms with van der Waals surface area (Å²) in [7, 11) is 0. The number of alkyl halides is 3. The minimum absolute atomic E-state index is 0.0443. The van der Waals surface area contributed by atoms with Crippen LogP contribution in [0, 0.1) is 5.92 Å². The first-order chi connectivity index (χ1) is 8.87. The van der Waals surface area contributed by atoms with Gasteiger partial charge in [-0.2, -0.15) is 13.2 Å². The molecule has 19 heavy (non-hydrogen) atoms. The molecule has 1 aromatic rings. The summed E-state index contributed by atoms with van der Waals surface area (Å²) < 4.78 is 39.5. The molecular weight excluding hydrogens is 259 g/mol. The predicted molar refractivity (Wildman–Crippen MR) is 62.2 cm³/mol. The van der Waals surface area contributed by atoms with E-state index in [2.05, 4.69) is 10.3 Å². The van der Waals surface area contributed by atoms with Crippen molar-refractivity contribution in [2.45, 2.75) is 57.3 Å². The fraction of sp³-hybridized carbons (Fsp3) is 0.833. The summed E-state index contributed by atoms with van der Waals surface area (Å²) >= 11 is 0. The molecule has 7 heteroatoms. The van der Waals surface area contributed by atoms with Crippen LogP contribution in [-0.2, 0) is 12.1 Å². The van der Waals surface area contributed by atoms with Gasteiger partial charge in [-0.25, -0.2) is 4.68 Å². The summed E-state index contributed by atoms with van der Waals surface area (Å²) in [6.45, 7) is 2.58. The Kier molecular flexibility index (Phi) is 3.85. The van der Waals surface area contributed by atoms with Crippen molar-refractivity contribution in [1.29, 1.82) is 0 Å². The van der Waals surface area contributed by atoms with Crippen LogP contribution >= 0.6 is 0 Å². The van der Waals surface area contributed by atoms with E-state index in [0.29, 0.717) is 12.2 Å². The number of rotatable bonds is 3. The maximum absolute atomic E-state index is 12.6. The number of halogens is 3. The van der Waals surface area contributed by atoms with Gasteiger partial charge < -0.3 is 5.11 Å². The van der Waals surface area contributed by atoms with Crippen molar-refractivity contribution in [3.8, 4) is 0 Å². The topological polar surface area (TPSA) is 50.9 Å². The smallest absolute Gasteiger partial charge is 0.384 e. The summed E-state index contributed by atoms with van der Waals surface area (Å²) in [6.07, 6.45) is -1.75. The Hall–Kier alpha value is -1.11. The molecule has 1 aliphatic carbocycles. The van der Waals surface area contributed by atoms with Gasteiger partial charge in [-0.1, -0.05) is 12.1 Å². The highest BCUT2D eigenvalue weighted by molar-refractivity contribution is 5.10. The zero-order chi connectivity index (χ0) is 14.1. The molecule has 0 atom stereocenters. The lowest BCUT2D eigenvalue weighted by Crippen LogP contribution is -2.37. The molecule has 108 valence electrons. The first kappa shape index (κ1) is 14.3. The molecule has 0 amide bonds. The number of aliphatic hydroxyl groups is 1. The Morgan fingerprint density at radius 2 is 2.05 bits per heavy atom. The Bertz CT molecular complexity index is 422. The molecule has 0 radical (unpaired) electrons.